The van der Waals surface area contributed by atoms with Crippen molar-refractivity contribution in [3.05, 3.63) is 12.2 Å². The Hall–Kier alpha value is -0.260. The highest BCUT2D eigenvalue weighted by Crippen LogP contribution is 2.36. The van der Waals surface area contributed by atoms with Crippen LogP contribution in [-0.4, -0.2) is 29.0 Å². The Morgan fingerprint density at radius 3 is 1.32 bits per heavy atom. The highest BCUT2D eigenvalue weighted by atomic mass is 32.5. The van der Waals surface area contributed by atoms with Crippen LogP contribution < -0.4 is 0 Å². The Labute approximate surface area is 196 Å². The Bertz CT molecular complexity index is 479. The fourth-order valence-corrected chi connectivity index (χ4v) is 4.16. The minimum Gasteiger partial charge on any atom is -0.463 e. The third-order valence-corrected chi connectivity index (χ3v) is 6.18. The first-order valence-corrected chi connectivity index (χ1v) is 15.1. The summed E-state index contributed by atoms with van der Waals surface area (Å²) < 4.78 is 9.88. The molecule has 0 saturated carbocycles. The van der Waals surface area contributed by atoms with E-state index in [0.29, 0.717) is 13.2 Å². The molecule has 0 rings (SSSR count). The number of carbonyl (C=O) groups excluding carboxylic acids is 1. The largest absolute Gasteiger partial charge is 0.463 e. The van der Waals surface area contributed by atoms with E-state index in [1.807, 2.05) is 6.92 Å². The third-order valence-electron chi connectivity index (χ3n) is 5.35. The second-order valence-electron chi connectivity index (χ2n) is 8.36. The number of unbranched alkanes of at least 4 members (excludes halogenated alkanes) is 17. The van der Waals surface area contributed by atoms with E-state index >= 15 is 0 Å². The number of allylic oxidation sites excluding steroid dienone is 1. The number of hydrogen-bond acceptors (Lipinski definition) is 4. The number of hydrogen-bond donors (Lipinski definition) is 2. The van der Waals surface area contributed by atoms with E-state index < -0.39 is 6.72 Å². The summed E-state index contributed by atoms with van der Waals surface area (Å²) in [6, 6.07) is 0. The lowest BCUT2D eigenvalue weighted by molar-refractivity contribution is -0.137. The van der Waals surface area contributed by atoms with Crippen LogP contribution in [0, 0.1) is 0 Å². The first kappa shape index (κ1) is 30.7. The van der Waals surface area contributed by atoms with Gasteiger partial charge in [0.15, 0.2) is 0 Å². The summed E-state index contributed by atoms with van der Waals surface area (Å²) in [4.78, 5) is 29.0. The smallest absolute Gasteiger partial charge is 0.330 e. The molecule has 184 valence electrons. The van der Waals surface area contributed by atoms with E-state index in [9.17, 15) is 4.79 Å². The van der Waals surface area contributed by atoms with E-state index in [1.165, 1.54) is 96.0 Å². The molecule has 5 nitrogen and oxygen atoms in total. The minimum absolute atomic E-state index is 0.227. The maximum Gasteiger partial charge on any atom is 0.330 e. The molecule has 31 heavy (non-hydrogen) atoms. The molecule has 0 aromatic carbocycles. The first-order chi connectivity index (χ1) is 15.0. The summed E-state index contributed by atoms with van der Waals surface area (Å²) in [6.07, 6.45) is 25.8. The standard InChI is InChI=1S/C24H47O5PS/c1-2-21-24(25)28-22-19-17-15-13-11-9-7-5-3-4-6-8-10-12-14-16-18-20-23-29-30(26,27)31/h2,21H,3-20,22-23H2,1H3,(H2,26,27,31). The predicted molar refractivity (Wildman–Crippen MR) is 134 cm³/mol. The van der Waals surface area contributed by atoms with Crippen molar-refractivity contribution in [1.82, 2.24) is 0 Å². The van der Waals surface area contributed by atoms with Crippen LogP contribution in [0.15, 0.2) is 12.2 Å². The van der Waals surface area contributed by atoms with E-state index in [0.717, 1.165) is 25.7 Å². The summed E-state index contributed by atoms with van der Waals surface area (Å²) in [7, 11) is 0. The van der Waals surface area contributed by atoms with Gasteiger partial charge >= 0.3 is 12.7 Å². The first-order valence-electron chi connectivity index (χ1n) is 12.5. The Balaban J connectivity index is 3.09. The van der Waals surface area contributed by atoms with Crippen LogP contribution in [0.5, 0.6) is 0 Å². The molecule has 0 atom stereocenters. The number of ether oxygens (including phenoxy) is 1. The maximum absolute atomic E-state index is 11.1. The van der Waals surface area contributed by atoms with Gasteiger partial charge in [0.05, 0.1) is 13.2 Å². The summed E-state index contributed by atoms with van der Waals surface area (Å²) in [6.45, 7) is -0.717. The molecule has 0 heterocycles. The zero-order valence-corrected chi connectivity index (χ0v) is 21.5. The van der Waals surface area contributed by atoms with Crippen LogP contribution in [0.3, 0.4) is 0 Å². The molecule has 0 amide bonds. The van der Waals surface area contributed by atoms with Gasteiger partial charge in [0.25, 0.3) is 0 Å². The van der Waals surface area contributed by atoms with E-state index in [4.69, 9.17) is 19.0 Å². The molecular formula is C24H47O5PS. The van der Waals surface area contributed by atoms with Gasteiger partial charge in [-0.15, -0.1) is 0 Å². The van der Waals surface area contributed by atoms with Crippen molar-refractivity contribution in [2.24, 2.45) is 0 Å². The quantitative estimate of drug-likeness (QED) is 0.0692. The van der Waals surface area contributed by atoms with E-state index in [1.54, 1.807) is 6.08 Å². The Kier molecular flexibility index (Phi) is 22.7. The Morgan fingerprint density at radius 1 is 0.677 bits per heavy atom. The molecule has 0 aromatic heterocycles. The van der Waals surface area contributed by atoms with Crippen molar-refractivity contribution in [2.45, 2.75) is 122 Å². The molecule has 0 saturated heterocycles. The van der Waals surface area contributed by atoms with Gasteiger partial charge in [-0.1, -0.05) is 109 Å². The monoisotopic (exact) mass is 478 g/mol. The molecule has 0 aromatic rings. The fraction of sp³-hybridized carbons (Fsp3) is 0.875. The van der Waals surface area contributed by atoms with Crippen molar-refractivity contribution in [3.63, 3.8) is 0 Å². The topological polar surface area (TPSA) is 76.0 Å². The van der Waals surface area contributed by atoms with Crippen molar-refractivity contribution < 1.29 is 23.8 Å². The van der Waals surface area contributed by atoms with Gasteiger partial charge in [0.2, 0.25) is 0 Å². The van der Waals surface area contributed by atoms with Crippen LogP contribution >= 0.6 is 6.72 Å². The third kappa shape index (κ3) is 27.7. The summed E-state index contributed by atoms with van der Waals surface area (Å²) >= 11 is 4.41. The number of carbonyl (C=O) groups is 1. The maximum atomic E-state index is 11.1. The average Bonchev–Trinajstić information content (AvgIpc) is 2.71. The summed E-state index contributed by atoms with van der Waals surface area (Å²) in [5.74, 6) is -0.227. The van der Waals surface area contributed by atoms with Gasteiger partial charge in [0, 0.05) is 6.08 Å². The fourth-order valence-electron chi connectivity index (χ4n) is 3.57. The van der Waals surface area contributed by atoms with Crippen molar-refractivity contribution in [2.75, 3.05) is 13.2 Å². The molecule has 0 fully saturated rings. The van der Waals surface area contributed by atoms with Crippen molar-refractivity contribution in [1.29, 1.82) is 0 Å². The van der Waals surface area contributed by atoms with Gasteiger partial charge < -0.3 is 19.0 Å². The minimum atomic E-state index is -3.45. The van der Waals surface area contributed by atoms with E-state index in [-0.39, 0.29) is 5.97 Å². The van der Waals surface area contributed by atoms with E-state index in [2.05, 4.69) is 11.8 Å². The molecule has 0 spiro atoms. The summed E-state index contributed by atoms with van der Waals surface area (Å²) in [5, 5.41) is 0. The molecule has 0 bridgehead atoms. The van der Waals surface area contributed by atoms with Gasteiger partial charge in [-0.2, -0.15) is 0 Å². The average molecular weight is 479 g/mol. The van der Waals surface area contributed by atoms with Crippen LogP contribution in [-0.2, 0) is 25.9 Å². The summed E-state index contributed by atoms with van der Waals surface area (Å²) in [5.41, 5.74) is 0. The zero-order valence-electron chi connectivity index (χ0n) is 19.8. The number of esters is 1. The molecule has 0 unspecified atom stereocenters. The molecule has 0 radical (unpaired) electrons. The normalized spacial score (nSPS) is 12.0. The molecular weight excluding hydrogens is 431 g/mol. The van der Waals surface area contributed by atoms with Crippen LogP contribution in [0.25, 0.3) is 0 Å². The molecule has 7 heteroatoms. The van der Waals surface area contributed by atoms with Crippen LogP contribution in [0.4, 0.5) is 0 Å². The molecule has 2 N–H and O–H groups in total. The van der Waals surface area contributed by atoms with Gasteiger partial charge in [0.1, 0.15) is 0 Å². The lowest BCUT2D eigenvalue weighted by Crippen LogP contribution is -2.01. The molecule has 0 aliphatic rings. The number of rotatable bonds is 23. The second kappa shape index (κ2) is 22.9. The second-order valence-corrected chi connectivity index (χ2v) is 11.0. The Morgan fingerprint density at radius 2 is 1.00 bits per heavy atom. The lowest BCUT2D eigenvalue weighted by Gasteiger charge is -2.07. The molecule has 0 aliphatic carbocycles. The molecule has 0 aliphatic heterocycles. The zero-order chi connectivity index (χ0) is 23.0. The van der Waals surface area contributed by atoms with Gasteiger partial charge in [-0.3, -0.25) is 0 Å². The van der Waals surface area contributed by atoms with Crippen molar-refractivity contribution in [3.8, 4) is 0 Å². The van der Waals surface area contributed by atoms with Crippen molar-refractivity contribution >= 4 is 24.5 Å². The van der Waals surface area contributed by atoms with Crippen LogP contribution in [0.2, 0.25) is 0 Å². The highest BCUT2D eigenvalue weighted by molar-refractivity contribution is 8.06. The van der Waals surface area contributed by atoms with Gasteiger partial charge in [-0.05, 0) is 31.6 Å². The van der Waals surface area contributed by atoms with Gasteiger partial charge in [-0.25, -0.2) is 4.79 Å². The predicted octanol–water partition coefficient (Wildman–Crippen LogP) is 7.35. The lowest BCUT2D eigenvalue weighted by atomic mass is 10.0. The van der Waals surface area contributed by atoms with Crippen LogP contribution in [0.1, 0.15) is 122 Å². The SMILES string of the molecule is CC=CC(=O)OCCCCCCCCCCCCCCCCCCCCOP(O)(O)=S. The highest BCUT2D eigenvalue weighted by Gasteiger charge is 2.06.